The Bertz CT molecular complexity index is 570. The Labute approximate surface area is 157 Å². The summed E-state index contributed by atoms with van der Waals surface area (Å²) >= 11 is 0. The third-order valence-corrected chi connectivity index (χ3v) is 4.40. The Morgan fingerprint density at radius 2 is 2.00 bits per heavy atom. The molecular weight excluding hydrogens is 326 g/mol. The van der Waals surface area contributed by atoms with Crippen molar-refractivity contribution in [1.29, 1.82) is 0 Å². The number of aliphatic hydroxyl groups excluding tert-OH is 1. The summed E-state index contributed by atoms with van der Waals surface area (Å²) in [5.74, 6) is 0. The van der Waals surface area contributed by atoms with Gasteiger partial charge in [0, 0.05) is 6.54 Å². The highest BCUT2D eigenvalue weighted by Gasteiger charge is 2.14. The van der Waals surface area contributed by atoms with E-state index >= 15 is 0 Å². The Hall–Kier alpha value is -1.69. The third-order valence-electron chi connectivity index (χ3n) is 4.40. The Balaban J connectivity index is 1.75. The van der Waals surface area contributed by atoms with E-state index in [4.69, 9.17) is 4.84 Å². The van der Waals surface area contributed by atoms with Gasteiger partial charge in [-0.15, -0.1) is 0 Å². The van der Waals surface area contributed by atoms with Crippen molar-refractivity contribution in [2.24, 2.45) is 5.16 Å². The van der Waals surface area contributed by atoms with Gasteiger partial charge in [0.1, 0.15) is 12.7 Å². The van der Waals surface area contributed by atoms with Crippen molar-refractivity contribution in [1.82, 2.24) is 10.2 Å². The van der Waals surface area contributed by atoms with Crippen LogP contribution in [-0.4, -0.2) is 62.2 Å². The molecule has 1 aliphatic rings. The maximum Gasteiger partial charge on any atom is 0.144 e. The Morgan fingerprint density at radius 1 is 1.23 bits per heavy atom. The second-order valence-electron chi connectivity index (χ2n) is 7.14. The fraction of sp³-hybridized carbons (Fsp3) is 0.571. The lowest BCUT2D eigenvalue weighted by atomic mass is 9.91. The molecule has 0 aliphatic heterocycles. The van der Waals surface area contributed by atoms with E-state index in [0.29, 0.717) is 6.54 Å². The van der Waals surface area contributed by atoms with Gasteiger partial charge in [-0.2, -0.15) is 0 Å². The molecule has 0 saturated heterocycles. The highest BCUT2D eigenvalue weighted by molar-refractivity contribution is 6.03. The van der Waals surface area contributed by atoms with Crippen LogP contribution in [0.25, 0.3) is 6.08 Å². The van der Waals surface area contributed by atoms with Crippen LogP contribution in [0, 0.1) is 0 Å². The lowest BCUT2D eigenvalue weighted by Crippen LogP contribution is -2.31. The molecule has 1 aromatic carbocycles. The molecule has 0 amide bonds. The fourth-order valence-electron chi connectivity index (χ4n) is 2.97. The quantitative estimate of drug-likeness (QED) is 0.498. The van der Waals surface area contributed by atoms with Crippen LogP contribution in [0.15, 0.2) is 41.1 Å². The Morgan fingerprint density at radius 3 is 2.77 bits per heavy atom. The van der Waals surface area contributed by atoms with Crippen LogP contribution in [0.4, 0.5) is 0 Å². The summed E-state index contributed by atoms with van der Waals surface area (Å²) in [7, 11) is 4.13. The van der Waals surface area contributed by atoms with Crippen molar-refractivity contribution in [3.63, 3.8) is 0 Å². The predicted octanol–water partition coefficient (Wildman–Crippen LogP) is 2.92. The van der Waals surface area contributed by atoms with Crippen LogP contribution >= 0.6 is 0 Å². The maximum atomic E-state index is 10.0. The molecule has 1 fully saturated rings. The van der Waals surface area contributed by atoms with Gasteiger partial charge in [-0.05, 0) is 76.5 Å². The van der Waals surface area contributed by atoms with E-state index in [1.807, 2.05) is 18.2 Å². The van der Waals surface area contributed by atoms with Gasteiger partial charge in [-0.1, -0.05) is 35.5 Å². The molecule has 144 valence electrons. The first kappa shape index (κ1) is 20.6. The molecule has 2 N–H and O–H groups in total. The van der Waals surface area contributed by atoms with Crippen molar-refractivity contribution in [2.45, 2.75) is 38.2 Å². The molecule has 1 aliphatic carbocycles. The molecule has 2 rings (SSSR count). The number of allylic oxidation sites excluding steroid dienone is 1. The van der Waals surface area contributed by atoms with Crippen molar-refractivity contribution in [3.05, 3.63) is 41.5 Å². The number of hydrogen-bond acceptors (Lipinski definition) is 5. The summed E-state index contributed by atoms with van der Waals surface area (Å²) < 4.78 is 0. The minimum absolute atomic E-state index is 0.225. The molecule has 26 heavy (non-hydrogen) atoms. The molecule has 1 saturated carbocycles. The standard InChI is InChI=1S/C21H33N3O2/c1-24(2)14-8-13-22-16-20(25)17-26-23-21-12-7-6-11-19(21)15-18-9-4-3-5-10-18/h3-5,9-10,15,20,22,25H,6-8,11-14,16-17H2,1-2H3/b19-15+,23-21+/t20-/m1/s1. The number of benzene rings is 1. The SMILES string of the molecule is CN(C)CCCNC[C@@H](O)CO/N=C1\CCCC\C1=C/c1ccccc1. The van der Waals surface area contributed by atoms with E-state index in [1.54, 1.807) is 0 Å². The van der Waals surface area contributed by atoms with Gasteiger partial charge in [0.25, 0.3) is 0 Å². The summed E-state index contributed by atoms with van der Waals surface area (Å²) in [5, 5.41) is 17.6. The Kier molecular flexibility index (Phi) is 9.39. The summed E-state index contributed by atoms with van der Waals surface area (Å²) in [5.41, 5.74) is 3.46. The molecule has 5 nitrogen and oxygen atoms in total. The average molecular weight is 360 g/mol. The summed E-state index contributed by atoms with van der Waals surface area (Å²) in [6.45, 7) is 2.70. The topological polar surface area (TPSA) is 57.1 Å². The number of nitrogens with zero attached hydrogens (tertiary/aromatic N) is 2. The van der Waals surface area contributed by atoms with Crippen LogP contribution in [0.3, 0.4) is 0 Å². The van der Waals surface area contributed by atoms with Gasteiger partial charge in [-0.25, -0.2) is 0 Å². The number of oxime groups is 1. The van der Waals surface area contributed by atoms with Crippen LogP contribution in [0.1, 0.15) is 37.7 Å². The zero-order valence-corrected chi connectivity index (χ0v) is 16.2. The zero-order chi connectivity index (χ0) is 18.6. The van der Waals surface area contributed by atoms with E-state index < -0.39 is 6.10 Å². The number of hydrogen-bond donors (Lipinski definition) is 2. The van der Waals surface area contributed by atoms with E-state index in [0.717, 1.165) is 44.5 Å². The van der Waals surface area contributed by atoms with E-state index in [-0.39, 0.29) is 6.61 Å². The second-order valence-corrected chi connectivity index (χ2v) is 7.14. The summed E-state index contributed by atoms with van der Waals surface area (Å²) in [6, 6.07) is 10.3. The van der Waals surface area contributed by atoms with Crippen LogP contribution in [0.5, 0.6) is 0 Å². The van der Waals surface area contributed by atoms with Gasteiger partial charge in [-0.3, -0.25) is 0 Å². The van der Waals surface area contributed by atoms with Gasteiger partial charge >= 0.3 is 0 Å². The normalized spacial score (nSPS) is 19.2. The van der Waals surface area contributed by atoms with E-state index in [1.165, 1.54) is 17.6 Å². The molecule has 5 heteroatoms. The van der Waals surface area contributed by atoms with Crippen molar-refractivity contribution < 1.29 is 9.94 Å². The monoisotopic (exact) mass is 359 g/mol. The molecule has 0 bridgehead atoms. The molecule has 0 heterocycles. The van der Waals surface area contributed by atoms with Crippen molar-refractivity contribution in [2.75, 3.05) is 40.3 Å². The summed E-state index contributed by atoms with van der Waals surface area (Å²) in [6.07, 6.45) is 7.04. The van der Waals surface area contributed by atoms with Gasteiger partial charge in [0.2, 0.25) is 0 Å². The first-order chi connectivity index (χ1) is 12.6. The largest absolute Gasteiger partial charge is 0.393 e. The molecule has 1 aromatic rings. The van der Waals surface area contributed by atoms with E-state index in [9.17, 15) is 5.11 Å². The lowest BCUT2D eigenvalue weighted by Gasteiger charge is -2.17. The first-order valence-corrected chi connectivity index (χ1v) is 9.63. The number of nitrogens with one attached hydrogen (secondary N) is 1. The van der Waals surface area contributed by atoms with Crippen molar-refractivity contribution in [3.8, 4) is 0 Å². The van der Waals surface area contributed by atoms with Gasteiger partial charge in [0.05, 0.1) is 5.71 Å². The van der Waals surface area contributed by atoms with Crippen LogP contribution in [0.2, 0.25) is 0 Å². The maximum absolute atomic E-state index is 10.0. The van der Waals surface area contributed by atoms with Gasteiger partial charge < -0.3 is 20.2 Å². The van der Waals surface area contributed by atoms with Gasteiger partial charge in [0.15, 0.2) is 0 Å². The molecule has 0 spiro atoms. The summed E-state index contributed by atoms with van der Waals surface area (Å²) in [4.78, 5) is 7.60. The predicted molar refractivity (Wildman–Crippen MR) is 108 cm³/mol. The van der Waals surface area contributed by atoms with Crippen LogP contribution in [-0.2, 0) is 4.84 Å². The highest BCUT2D eigenvalue weighted by Crippen LogP contribution is 2.23. The third kappa shape index (κ3) is 8.13. The number of rotatable bonds is 10. The van der Waals surface area contributed by atoms with Crippen molar-refractivity contribution >= 4 is 11.8 Å². The smallest absolute Gasteiger partial charge is 0.144 e. The molecule has 0 aromatic heterocycles. The minimum atomic E-state index is -0.538. The second kappa shape index (κ2) is 11.8. The van der Waals surface area contributed by atoms with E-state index in [2.05, 4.69) is 47.7 Å². The minimum Gasteiger partial charge on any atom is -0.393 e. The molecular formula is C21H33N3O2. The first-order valence-electron chi connectivity index (χ1n) is 9.63. The average Bonchev–Trinajstić information content (AvgIpc) is 2.63. The molecule has 0 radical (unpaired) electrons. The highest BCUT2D eigenvalue weighted by atomic mass is 16.6. The fourth-order valence-corrected chi connectivity index (χ4v) is 2.97. The van der Waals surface area contributed by atoms with Crippen LogP contribution < -0.4 is 5.32 Å². The lowest BCUT2D eigenvalue weighted by molar-refractivity contribution is 0.0400. The molecule has 1 atom stereocenters. The molecule has 0 unspecified atom stereocenters. The zero-order valence-electron chi connectivity index (χ0n) is 16.2. The number of aliphatic hydroxyl groups is 1.